The van der Waals surface area contributed by atoms with Gasteiger partial charge in [0.05, 0.1) is 18.9 Å². The Labute approximate surface area is 158 Å². The van der Waals surface area contributed by atoms with Crippen LogP contribution < -0.4 is 10.2 Å². The standard InChI is InChI=1S/C19H26N4O2S/c1-15-17(18(24)20-9-6-10-23-11-13-25-14-12-23)26-19(21-15)22(2)16-7-4-3-5-8-16/h3-5,7-8H,6,9-14H2,1-2H3,(H,20,24). The number of aryl methyl sites for hydroxylation is 1. The van der Waals surface area contributed by atoms with Crippen molar-refractivity contribution in [2.45, 2.75) is 13.3 Å². The largest absolute Gasteiger partial charge is 0.379 e. The van der Waals surface area contributed by atoms with Crippen LogP contribution in [-0.4, -0.2) is 62.2 Å². The molecule has 3 rings (SSSR count). The molecule has 0 radical (unpaired) electrons. The van der Waals surface area contributed by atoms with Crippen LogP contribution in [0.25, 0.3) is 0 Å². The van der Waals surface area contributed by atoms with Crippen LogP contribution in [0.15, 0.2) is 30.3 Å². The van der Waals surface area contributed by atoms with E-state index in [1.807, 2.05) is 49.2 Å². The summed E-state index contributed by atoms with van der Waals surface area (Å²) in [5.74, 6) is -0.0327. The first-order chi connectivity index (χ1) is 12.6. The molecule has 0 saturated carbocycles. The monoisotopic (exact) mass is 374 g/mol. The third-order valence-corrected chi connectivity index (χ3v) is 5.69. The molecule has 1 aliphatic heterocycles. The molecule has 2 heterocycles. The number of morpholine rings is 1. The highest BCUT2D eigenvalue weighted by Gasteiger charge is 2.18. The number of ether oxygens (including phenoxy) is 1. The summed E-state index contributed by atoms with van der Waals surface area (Å²) in [5.41, 5.74) is 1.83. The van der Waals surface area contributed by atoms with Gasteiger partial charge in [-0.2, -0.15) is 0 Å². The summed E-state index contributed by atoms with van der Waals surface area (Å²) in [6.07, 6.45) is 0.945. The summed E-state index contributed by atoms with van der Waals surface area (Å²) in [7, 11) is 1.97. The number of amides is 1. The number of hydrogen-bond acceptors (Lipinski definition) is 6. The summed E-state index contributed by atoms with van der Waals surface area (Å²) in [4.78, 5) is 22.1. The van der Waals surface area contributed by atoms with Gasteiger partial charge in [0.1, 0.15) is 4.88 Å². The lowest BCUT2D eigenvalue weighted by atomic mass is 10.3. The smallest absolute Gasteiger partial charge is 0.263 e. The van der Waals surface area contributed by atoms with Crippen molar-refractivity contribution in [2.24, 2.45) is 0 Å². The van der Waals surface area contributed by atoms with E-state index < -0.39 is 0 Å². The van der Waals surface area contributed by atoms with Crippen LogP contribution in [-0.2, 0) is 4.74 Å². The van der Waals surface area contributed by atoms with Gasteiger partial charge in [0.25, 0.3) is 5.91 Å². The molecule has 0 aliphatic carbocycles. The molecule has 0 unspecified atom stereocenters. The summed E-state index contributed by atoms with van der Waals surface area (Å²) < 4.78 is 5.35. The van der Waals surface area contributed by atoms with Crippen LogP contribution >= 0.6 is 11.3 Å². The van der Waals surface area contributed by atoms with Crippen molar-refractivity contribution in [3.8, 4) is 0 Å². The van der Waals surface area contributed by atoms with Crippen molar-refractivity contribution < 1.29 is 9.53 Å². The van der Waals surface area contributed by atoms with Crippen LogP contribution in [0.3, 0.4) is 0 Å². The fraction of sp³-hybridized carbons (Fsp3) is 0.474. The third kappa shape index (κ3) is 4.81. The zero-order valence-corrected chi connectivity index (χ0v) is 16.2. The second-order valence-corrected chi connectivity index (χ2v) is 7.35. The average Bonchev–Trinajstić information content (AvgIpc) is 3.08. The number of rotatable bonds is 7. The van der Waals surface area contributed by atoms with Crippen molar-refractivity contribution in [3.63, 3.8) is 0 Å². The summed E-state index contributed by atoms with van der Waals surface area (Å²) >= 11 is 1.43. The normalized spacial score (nSPS) is 15.0. The molecule has 7 heteroatoms. The van der Waals surface area contributed by atoms with E-state index in [0.29, 0.717) is 11.4 Å². The highest BCUT2D eigenvalue weighted by atomic mass is 32.1. The molecule has 140 valence electrons. The van der Waals surface area contributed by atoms with E-state index in [9.17, 15) is 4.79 Å². The molecular weight excluding hydrogens is 348 g/mol. The van der Waals surface area contributed by atoms with Gasteiger partial charge in [-0.15, -0.1) is 0 Å². The number of benzene rings is 1. The lowest BCUT2D eigenvalue weighted by Crippen LogP contribution is -2.38. The van der Waals surface area contributed by atoms with Gasteiger partial charge in [0.2, 0.25) is 0 Å². The fourth-order valence-corrected chi connectivity index (χ4v) is 3.87. The Bertz CT molecular complexity index is 714. The van der Waals surface area contributed by atoms with Crippen LogP contribution in [0.4, 0.5) is 10.8 Å². The number of aromatic nitrogens is 1. The molecule has 2 aromatic rings. The van der Waals surface area contributed by atoms with Gasteiger partial charge in [-0.05, 0) is 32.0 Å². The molecule has 1 amide bonds. The number of carbonyl (C=O) groups is 1. The minimum absolute atomic E-state index is 0.0327. The number of para-hydroxylation sites is 1. The fourth-order valence-electron chi connectivity index (χ4n) is 2.91. The average molecular weight is 375 g/mol. The van der Waals surface area contributed by atoms with E-state index in [0.717, 1.165) is 55.8 Å². The van der Waals surface area contributed by atoms with E-state index in [1.165, 1.54) is 11.3 Å². The summed E-state index contributed by atoms with van der Waals surface area (Å²) in [6, 6.07) is 10.0. The van der Waals surface area contributed by atoms with Gasteiger partial charge >= 0.3 is 0 Å². The zero-order valence-electron chi connectivity index (χ0n) is 15.4. The number of hydrogen-bond donors (Lipinski definition) is 1. The van der Waals surface area contributed by atoms with Crippen LogP contribution in [0.2, 0.25) is 0 Å². The first kappa shape index (κ1) is 18.8. The lowest BCUT2D eigenvalue weighted by Gasteiger charge is -2.26. The Balaban J connectivity index is 1.52. The van der Waals surface area contributed by atoms with Crippen LogP contribution in [0.1, 0.15) is 21.8 Å². The van der Waals surface area contributed by atoms with Crippen molar-refractivity contribution >= 4 is 28.1 Å². The molecule has 6 nitrogen and oxygen atoms in total. The lowest BCUT2D eigenvalue weighted by molar-refractivity contribution is 0.0374. The van der Waals surface area contributed by atoms with E-state index in [2.05, 4.69) is 15.2 Å². The Hall–Kier alpha value is -1.96. The maximum atomic E-state index is 12.5. The van der Waals surface area contributed by atoms with Gasteiger partial charge in [0, 0.05) is 32.4 Å². The van der Waals surface area contributed by atoms with Crippen molar-refractivity contribution in [1.82, 2.24) is 15.2 Å². The predicted octanol–water partition coefficient (Wildman–Crippen LogP) is 2.67. The Morgan fingerprint density at radius 3 is 2.77 bits per heavy atom. The predicted molar refractivity (Wildman–Crippen MR) is 106 cm³/mol. The Morgan fingerprint density at radius 2 is 2.04 bits per heavy atom. The number of thiazole rings is 1. The second kappa shape index (κ2) is 9.12. The van der Waals surface area contributed by atoms with E-state index in [4.69, 9.17) is 4.74 Å². The molecule has 1 aliphatic rings. The van der Waals surface area contributed by atoms with Crippen molar-refractivity contribution in [3.05, 3.63) is 40.9 Å². The van der Waals surface area contributed by atoms with Crippen molar-refractivity contribution in [1.29, 1.82) is 0 Å². The molecule has 1 fully saturated rings. The van der Waals surface area contributed by atoms with E-state index in [1.54, 1.807) is 0 Å². The maximum absolute atomic E-state index is 12.5. The van der Waals surface area contributed by atoms with E-state index in [-0.39, 0.29) is 5.91 Å². The van der Waals surface area contributed by atoms with Gasteiger partial charge in [-0.1, -0.05) is 29.5 Å². The molecule has 0 atom stereocenters. The van der Waals surface area contributed by atoms with Gasteiger partial charge in [0.15, 0.2) is 5.13 Å². The highest BCUT2D eigenvalue weighted by molar-refractivity contribution is 7.17. The van der Waals surface area contributed by atoms with Crippen LogP contribution in [0.5, 0.6) is 0 Å². The first-order valence-electron chi connectivity index (χ1n) is 8.99. The second-order valence-electron chi connectivity index (χ2n) is 6.37. The minimum Gasteiger partial charge on any atom is -0.379 e. The van der Waals surface area contributed by atoms with Gasteiger partial charge in [-0.3, -0.25) is 9.69 Å². The number of nitrogens with one attached hydrogen (secondary N) is 1. The molecule has 1 aromatic heterocycles. The van der Waals surface area contributed by atoms with Crippen molar-refractivity contribution in [2.75, 3.05) is 51.3 Å². The first-order valence-corrected chi connectivity index (χ1v) is 9.81. The van der Waals surface area contributed by atoms with Gasteiger partial charge < -0.3 is 15.0 Å². The SMILES string of the molecule is Cc1nc(N(C)c2ccccc2)sc1C(=O)NCCCN1CCOCC1. The Kier molecular flexibility index (Phi) is 6.60. The molecule has 1 N–H and O–H groups in total. The molecular formula is C19H26N4O2S. The molecule has 1 saturated heterocycles. The minimum atomic E-state index is -0.0327. The number of nitrogens with zero attached hydrogens (tertiary/aromatic N) is 3. The number of anilines is 2. The summed E-state index contributed by atoms with van der Waals surface area (Å²) in [6.45, 7) is 7.15. The quantitative estimate of drug-likeness (QED) is 0.755. The third-order valence-electron chi connectivity index (χ3n) is 4.46. The highest BCUT2D eigenvalue weighted by Crippen LogP contribution is 2.30. The summed E-state index contributed by atoms with van der Waals surface area (Å²) in [5, 5.41) is 3.85. The van der Waals surface area contributed by atoms with E-state index >= 15 is 0 Å². The Morgan fingerprint density at radius 1 is 1.31 bits per heavy atom. The molecule has 26 heavy (non-hydrogen) atoms. The molecule has 0 spiro atoms. The molecule has 1 aromatic carbocycles. The zero-order chi connectivity index (χ0) is 18.4. The number of carbonyl (C=O) groups excluding carboxylic acids is 1. The maximum Gasteiger partial charge on any atom is 0.263 e. The topological polar surface area (TPSA) is 57.7 Å². The van der Waals surface area contributed by atoms with Crippen LogP contribution in [0, 0.1) is 6.92 Å². The molecule has 0 bridgehead atoms. The van der Waals surface area contributed by atoms with Gasteiger partial charge in [-0.25, -0.2) is 4.98 Å².